The SMILES string of the molecule is Nc1ccn([C@@H]2O[C@H](COP(=O)(O)O[C@H]3[C@@H](O)[C@H](n4ccc(N)nc4=O)O[C@@H]3CO)[C@@H](O)[C@H]2O)c(=O)n1. The fourth-order valence-corrected chi connectivity index (χ4v) is 4.88. The van der Waals surface area contributed by atoms with Crippen LogP contribution in [0.5, 0.6) is 0 Å². The van der Waals surface area contributed by atoms with Gasteiger partial charge < -0.3 is 46.3 Å². The molecule has 0 aliphatic carbocycles. The van der Waals surface area contributed by atoms with Crippen molar-refractivity contribution in [3.05, 3.63) is 45.5 Å². The van der Waals surface area contributed by atoms with Crippen molar-refractivity contribution in [2.45, 2.75) is 49.1 Å². The summed E-state index contributed by atoms with van der Waals surface area (Å²) in [6, 6.07) is 2.51. The lowest BCUT2D eigenvalue weighted by Gasteiger charge is -2.23. The van der Waals surface area contributed by atoms with E-state index in [1.807, 2.05) is 0 Å². The zero-order valence-corrected chi connectivity index (χ0v) is 19.7. The van der Waals surface area contributed by atoms with Gasteiger partial charge in [-0.05, 0) is 12.1 Å². The summed E-state index contributed by atoms with van der Waals surface area (Å²) in [5, 5.41) is 40.8. The van der Waals surface area contributed by atoms with Crippen LogP contribution in [0, 0.1) is 0 Å². The van der Waals surface area contributed by atoms with E-state index >= 15 is 0 Å². The summed E-state index contributed by atoms with van der Waals surface area (Å²) < 4.78 is 35.0. The Hall–Kier alpha value is -2.77. The molecule has 204 valence electrons. The van der Waals surface area contributed by atoms with Crippen LogP contribution in [0.2, 0.25) is 0 Å². The molecule has 9 atom stereocenters. The van der Waals surface area contributed by atoms with Gasteiger partial charge in [0.2, 0.25) is 0 Å². The highest BCUT2D eigenvalue weighted by molar-refractivity contribution is 7.47. The minimum atomic E-state index is -5.02. The first-order chi connectivity index (χ1) is 17.4. The number of rotatable bonds is 8. The molecule has 2 saturated heterocycles. The van der Waals surface area contributed by atoms with Crippen LogP contribution in [-0.2, 0) is 23.1 Å². The zero-order chi connectivity index (χ0) is 27.1. The Morgan fingerprint density at radius 3 is 1.95 bits per heavy atom. The van der Waals surface area contributed by atoms with Crippen LogP contribution in [0.4, 0.5) is 11.6 Å². The third-order valence-electron chi connectivity index (χ3n) is 5.73. The van der Waals surface area contributed by atoms with Gasteiger partial charge in [-0.2, -0.15) is 9.97 Å². The maximum Gasteiger partial charge on any atom is 0.472 e. The second-order valence-electron chi connectivity index (χ2n) is 8.20. The molecule has 0 bridgehead atoms. The van der Waals surface area contributed by atoms with Gasteiger partial charge >= 0.3 is 19.2 Å². The molecular formula is C18H25N6O12P. The zero-order valence-electron chi connectivity index (χ0n) is 18.8. The molecular weight excluding hydrogens is 523 g/mol. The molecule has 2 aliphatic heterocycles. The van der Waals surface area contributed by atoms with Gasteiger partial charge in [0.15, 0.2) is 12.5 Å². The summed E-state index contributed by atoms with van der Waals surface area (Å²) >= 11 is 0. The number of hydrogen-bond donors (Lipinski definition) is 7. The monoisotopic (exact) mass is 548 g/mol. The van der Waals surface area contributed by atoms with Crippen molar-refractivity contribution < 1.29 is 48.4 Å². The minimum absolute atomic E-state index is 0.0772. The van der Waals surface area contributed by atoms with Gasteiger partial charge in [-0.15, -0.1) is 0 Å². The van der Waals surface area contributed by atoms with Gasteiger partial charge in [-0.25, -0.2) is 14.2 Å². The van der Waals surface area contributed by atoms with E-state index in [0.717, 1.165) is 9.13 Å². The second-order valence-corrected chi connectivity index (χ2v) is 9.61. The summed E-state index contributed by atoms with van der Waals surface area (Å²) in [6.45, 7) is -1.56. The van der Waals surface area contributed by atoms with Crippen molar-refractivity contribution in [3.8, 4) is 0 Å². The Morgan fingerprint density at radius 1 is 0.919 bits per heavy atom. The Bertz CT molecular complexity index is 1290. The standard InChI is InChI=1S/C18H25N6O12P/c19-9-1-3-23(17(29)21-9)15-12(27)11(26)8(35-15)6-33-37(31,32)36-14-7(5-25)34-16(13(14)28)24-4-2-10(20)22-18(24)30/h1-4,7-8,11-16,25-28H,5-6H2,(H,31,32)(H2,19,21,29)(H2,20,22,30)/t7-,8-,11-,12-,13-,14-,15-,16-/m1/s1. The number of phosphoric ester groups is 1. The molecule has 2 fully saturated rings. The highest BCUT2D eigenvalue weighted by Crippen LogP contribution is 2.49. The third-order valence-corrected chi connectivity index (χ3v) is 6.72. The van der Waals surface area contributed by atoms with Crippen molar-refractivity contribution in [1.82, 2.24) is 19.1 Å². The van der Waals surface area contributed by atoms with E-state index in [1.54, 1.807) is 0 Å². The minimum Gasteiger partial charge on any atom is -0.394 e. The third kappa shape index (κ3) is 5.58. The van der Waals surface area contributed by atoms with Gasteiger partial charge in [0.05, 0.1) is 13.2 Å². The Morgan fingerprint density at radius 2 is 1.43 bits per heavy atom. The Kier molecular flexibility index (Phi) is 7.77. The predicted octanol–water partition coefficient (Wildman–Crippen LogP) is -3.96. The van der Waals surface area contributed by atoms with Crippen molar-refractivity contribution in [2.75, 3.05) is 24.7 Å². The van der Waals surface area contributed by atoms with Gasteiger partial charge in [0, 0.05) is 12.4 Å². The van der Waals surface area contributed by atoms with Gasteiger partial charge in [-0.3, -0.25) is 18.2 Å². The lowest BCUT2D eigenvalue weighted by Crippen LogP contribution is -2.38. The van der Waals surface area contributed by atoms with Crippen molar-refractivity contribution in [2.24, 2.45) is 0 Å². The molecule has 18 nitrogen and oxygen atoms in total. The summed E-state index contributed by atoms with van der Waals surface area (Å²) in [5.41, 5.74) is 9.10. The average Bonchev–Trinajstić information content (AvgIpc) is 3.28. The van der Waals surface area contributed by atoms with E-state index in [2.05, 4.69) is 9.97 Å². The number of nitrogens with two attached hydrogens (primary N) is 2. The molecule has 2 aliphatic rings. The number of anilines is 2. The summed E-state index contributed by atoms with van der Waals surface area (Å²) in [7, 11) is -5.02. The summed E-state index contributed by atoms with van der Waals surface area (Å²) in [6.07, 6.45) is -9.86. The molecule has 2 aromatic rings. The number of ether oxygens (including phenoxy) is 2. The number of phosphoric acid groups is 1. The van der Waals surface area contributed by atoms with Gasteiger partial charge in [0.25, 0.3) is 0 Å². The predicted molar refractivity (Wildman–Crippen MR) is 119 cm³/mol. The van der Waals surface area contributed by atoms with Gasteiger partial charge in [0.1, 0.15) is 48.3 Å². The fraction of sp³-hybridized carbons (Fsp3) is 0.556. The molecule has 0 saturated carbocycles. The second kappa shape index (κ2) is 10.5. The highest BCUT2D eigenvalue weighted by atomic mass is 31.2. The van der Waals surface area contributed by atoms with Crippen LogP contribution in [0.25, 0.3) is 0 Å². The van der Waals surface area contributed by atoms with E-state index in [1.165, 1.54) is 24.5 Å². The number of hydrogen-bond acceptors (Lipinski definition) is 15. The van der Waals surface area contributed by atoms with Crippen molar-refractivity contribution >= 4 is 19.5 Å². The molecule has 37 heavy (non-hydrogen) atoms. The van der Waals surface area contributed by atoms with Crippen molar-refractivity contribution in [3.63, 3.8) is 0 Å². The Labute approximate surface area is 206 Å². The molecule has 0 aromatic carbocycles. The first-order valence-electron chi connectivity index (χ1n) is 10.7. The Balaban J connectivity index is 1.42. The number of aliphatic hydroxyl groups excluding tert-OH is 4. The molecule has 19 heteroatoms. The van der Waals surface area contributed by atoms with Crippen LogP contribution in [0.1, 0.15) is 12.5 Å². The fourth-order valence-electron chi connectivity index (χ4n) is 3.91. The highest BCUT2D eigenvalue weighted by Gasteiger charge is 2.50. The van der Waals surface area contributed by atoms with E-state index < -0.39 is 81.5 Å². The molecule has 0 spiro atoms. The normalized spacial score (nSPS) is 33.4. The summed E-state index contributed by atoms with van der Waals surface area (Å²) in [4.78, 5) is 41.3. The average molecular weight is 548 g/mol. The van der Waals surface area contributed by atoms with Crippen LogP contribution in [-0.4, -0.2) is 94.3 Å². The largest absolute Gasteiger partial charge is 0.472 e. The molecule has 0 radical (unpaired) electrons. The topological polar surface area (TPSA) is 277 Å². The lowest BCUT2D eigenvalue weighted by molar-refractivity contribution is -0.0614. The molecule has 2 aromatic heterocycles. The molecule has 4 heterocycles. The van der Waals surface area contributed by atoms with E-state index in [4.69, 9.17) is 30.0 Å². The smallest absolute Gasteiger partial charge is 0.394 e. The molecule has 4 rings (SSSR count). The number of nitrogens with zero attached hydrogens (tertiary/aromatic N) is 4. The first kappa shape index (κ1) is 27.3. The maximum absolute atomic E-state index is 12.6. The van der Waals surface area contributed by atoms with E-state index in [0.29, 0.717) is 0 Å². The molecule has 0 amide bonds. The quantitative estimate of drug-likeness (QED) is 0.155. The van der Waals surface area contributed by atoms with Crippen LogP contribution in [0.3, 0.4) is 0 Å². The van der Waals surface area contributed by atoms with E-state index in [-0.39, 0.29) is 11.6 Å². The number of aliphatic hydroxyl groups is 4. The van der Waals surface area contributed by atoms with Crippen LogP contribution < -0.4 is 22.8 Å². The first-order valence-corrected chi connectivity index (χ1v) is 12.2. The van der Waals surface area contributed by atoms with Gasteiger partial charge in [-0.1, -0.05) is 0 Å². The summed E-state index contributed by atoms with van der Waals surface area (Å²) in [5.74, 6) is -0.165. The van der Waals surface area contributed by atoms with Crippen molar-refractivity contribution in [1.29, 1.82) is 0 Å². The number of nitrogen functional groups attached to an aromatic ring is 2. The number of aromatic nitrogens is 4. The van der Waals surface area contributed by atoms with E-state index in [9.17, 15) is 39.5 Å². The van der Waals surface area contributed by atoms with Crippen LogP contribution in [0.15, 0.2) is 34.1 Å². The lowest BCUT2D eigenvalue weighted by atomic mass is 10.1. The molecule has 9 N–H and O–H groups in total. The van der Waals surface area contributed by atoms with Crippen LogP contribution >= 0.6 is 7.82 Å². The maximum atomic E-state index is 12.6. The molecule has 1 unspecified atom stereocenters.